The molecule has 12 heteroatoms. The van der Waals surface area contributed by atoms with Gasteiger partial charge in [0.15, 0.2) is 0 Å². The van der Waals surface area contributed by atoms with E-state index in [0.29, 0.717) is 17.5 Å². The fourth-order valence-electron chi connectivity index (χ4n) is 4.71. The lowest BCUT2D eigenvalue weighted by Gasteiger charge is -2.37. The zero-order valence-corrected chi connectivity index (χ0v) is 23.3. The predicted octanol–water partition coefficient (Wildman–Crippen LogP) is 4.21. The van der Waals surface area contributed by atoms with E-state index in [-0.39, 0.29) is 45.7 Å². The summed E-state index contributed by atoms with van der Waals surface area (Å²) in [6, 6.07) is 7.73. The fourth-order valence-corrected chi connectivity index (χ4v) is 6.60. The molecule has 0 aromatic heterocycles. The molecule has 9 nitrogen and oxygen atoms in total. The van der Waals surface area contributed by atoms with Crippen LogP contribution in [-0.4, -0.2) is 45.0 Å². The molecule has 3 N–H and O–H groups in total. The summed E-state index contributed by atoms with van der Waals surface area (Å²) < 4.78 is 65.6. The van der Waals surface area contributed by atoms with Gasteiger partial charge in [-0.25, -0.2) is 21.2 Å². The van der Waals surface area contributed by atoms with Crippen LogP contribution in [0.1, 0.15) is 38.3 Å². The number of halogens is 1. The molecule has 0 radical (unpaired) electrons. The van der Waals surface area contributed by atoms with E-state index in [1.54, 1.807) is 19.1 Å². The van der Waals surface area contributed by atoms with Gasteiger partial charge in [0.25, 0.3) is 5.91 Å². The Labute approximate surface area is 222 Å². The second-order valence-electron chi connectivity index (χ2n) is 10.3. The van der Waals surface area contributed by atoms with Gasteiger partial charge in [0.05, 0.1) is 34.0 Å². The van der Waals surface area contributed by atoms with Gasteiger partial charge >= 0.3 is 0 Å². The first-order valence-corrected chi connectivity index (χ1v) is 15.3. The number of carbonyl (C=O) groups excluding carboxylic acids is 1. The Balaban J connectivity index is 1.77. The number of rotatable bonds is 7. The zero-order valence-electron chi connectivity index (χ0n) is 21.7. The van der Waals surface area contributed by atoms with Crippen molar-refractivity contribution in [3.8, 4) is 0 Å². The molecule has 0 aliphatic carbocycles. The van der Waals surface area contributed by atoms with Gasteiger partial charge in [-0.05, 0) is 54.2 Å². The molecule has 0 spiro atoms. The van der Waals surface area contributed by atoms with E-state index >= 15 is 0 Å². The topological polar surface area (TPSA) is 133 Å². The Bertz CT molecular complexity index is 1610. The molecule has 0 saturated carbocycles. The number of nitrogens with zero attached hydrogens (tertiary/aromatic N) is 1. The number of sulfone groups is 1. The molecule has 0 fully saturated rings. The highest BCUT2D eigenvalue weighted by atomic mass is 32.2. The van der Waals surface area contributed by atoms with Gasteiger partial charge in [-0.1, -0.05) is 32.9 Å². The van der Waals surface area contributed by atoms with E-state index in [1.165, 1.54) is 29.2 Å². The number of anilines is 2. The van der Waals surface area contributed by atoms with Gasteiger partial charge < -0.3 is 15.3 Å². The lowest BCUT2D eigenvalue weighted by atomic mass is 9.80. The Morgan fingerprint density at radius 2 is 1.87 bits per heavy atom. The van der Waals surface area contributed by atoms with Gasteiger partial charge in [-0.2, -0.15) is 0 Å². The minimum Gasteiger partial charge on any atom is -0.509 e. The van der Waals surface area contributed by atoms with E-state index in [2.05, 4.69) is 10.0 Å². The zero-order chi connectivity index (χ0) is 28.2. The number of nitrogens with one attached hydrogen (secondary N) is 2. The molecule has 2 aromatic carbocycles. The van der Waals surface area contributed by atoms with Gasteiger partial charge in [0.1, 0.15) is 17.1 Å². The third kappa shape index (κ3) is 5.14. The molecule has 204 valence electrons. The number of benzene rings is 2. The van der Waals surface area contributed by atoms with Crippen molar-refractivity contribution in [3.63, 3.8) is 0 Å². The molecular weight excluding hydrogens is 533 g/mol. The highest BCUT2D eigenvalue weighted by Gasteiger charge is 2.48. The third-order valence-electron chi connectivity index (χ3n) is 6.93. The summed E-state index contributed by atoms with van der Waals surface area (Å²) in [6.45, 7) is 7.43. The number of amides is 1. The first-order valence-electron chi connectivity index (χ1n) is 11.9. The number of carbonyl (C=O) groups is 1. The molecule has 38 heavy (non-hydrogen) atoms. The van der Waals surface area contributed by atoms with Crippen LogP contribution in [0.3, 0.4) is 0 Å². The Kier molecular flexibility index (Phi) is 6.86. The SMILES string of the molecule is CCC(C)(C)[C@H]1C(O)=C(C2=CS(=O)(=O)c3cc(NS(C)(=O)=O)ccc3N2)C(=O)N1Cc1ccc(F)c(C)c1. The summed E-state index contributed by atoms with van der Waals surface area (Å²) in [4.78, 5) is 15.1. The maximum Gasteiger partial charge on any atom is 0.260 e. The summed E-state index contributed by atoms with van der Waals surface area (Å²) in [5.74, 6) is -1.19. The Morgan fingerprint density at radius 3 is 2.47 bits per heavy atom. The average molecular weight is 564 g/mol. The Morgan fingerprint density at radius 1 is 1.18 bits per heavy atom. The highest BCUT2D eigenvalue weighted by molar-refractivity contribution is 7.94. The molecule has 2 aliphatic rings. The van der Waals surface area contributed by atoms with E-state index in [1.807, 2.05) is 20.8 Å². The van der Waals surface area contributed by atoms with Crippen molar-refractivity contribution >= 4 is 37.1 Å². The van der Waals surface area contributed by atoms with Crippen molar-refractivity contribution in [2.45, 2.75) is 51.6 Å². The maximum absolute atomic E-state index is 13.8. The van der Waals surface area contributed by atoms with Crippen molar-refractivity contribution in [2.24, 2.45) is 5.41 Å². The molecule has 2 aromatic rings. The highest BCUT2D eigenvalue weighted by Crippen LogP contribution is 2.43. The molecule has 0 bridgehead atoms. The summed E-state index contributed by atoms with van der Waals surface area (Å²) >= 11 is 0. The molecular formula is C26H30FN3O6S2. The van der Waals surface area contributed by atoms with Crippen molar-refractivity contribution in [3.05, 3.63) is 75.8 Å². The largest absolute Gasteiger partial charge is 0.509 e. The Hall–Kier alpha value is -3.38. The van der Waals surface area contributed by atoms with E-state index in [9.17, 15) is 31.1 Å². The van der Waals surface area contributed by atoms with Crippen LogP contribution in [0.25, 0.3) is 0 Å². The number of fused-ring (bicyclic) bond motifs is 1. The molecule has 2 aliphatic heterocycles. The first kappa shape index (κ1) is 27.6. The maximum atomic E-state index is 13.8. The molecule has 1 atom stereocenters. The number of aliphatic hydroxyl groups excluding tert-OH is 1. The molecule has 4 rings (SSSR count). The molecule has 1 amide bonds. The molecule has 2 heterocycles. The summed E-state index contributed by atoms with van der Waals surface area (Å²) in [5.41, 5.74) is 0.460. The standard InChI is InChI=1S/C26H30FN3O6S2/c1-6-26(3,4)24-23(31)22(25(32)30(24)13-16-7-9-18(27)15(2)11-16)20-14-38(35,36)21-12-17(29-37(5,33)34)8-10-19(21)28-20/h7-12,14,24,28-29,31H,6,13H2,1-5H3/t24-/m1/s1. The van der Waals surface area contributed by atoms with E-state index in [0.717, 1.165) is 11.7 Å². The number of aliphatic hydroxyl groups is 1. The first-order chi connectivity index (χ1) is 17.5. The third-order valence-corrected chi connectivity index (χ3v) is 9.03. The van der Waals surface area contributed by atoms with Crippen LogP contribution < -0.4 is 10.0 Å². The summed E-state index contributed by atoms with van der Waals surface area (Å²) in [6.07, 6.45) is 1.55. The second kappa shape index (κ2) is 9.42. The van der Waals surface area contributed by atoms with Gasteiger partial charge in [0, 0.05) is 12.2 Å². The van der Waals surface area contributed by atoms with Crippen molar-refractivity contribution in [1.29, 1.82) is 0 Å². The molecule has 0 saturated heterocycles. The van der Waals surface area contributed by atoms with E-state index < -0.39 is 37.2 Å². The minimum absolute atomic E-state index is 0.0676. The van der Waals surface area contributed by atoms with Crippen molar-refractivity contribution in [2.75, 3.05) is 16.3 Å². The summed E-state index contributed by atoms with van der Waals surface area (Å²) in [7, 11) is -7.75. The van der Waals surface area contributed by atoms with Gasteiger partial charge in [-0.3, -0.25) is 9.52 Å². The van der Waals surface area contributed by atoms with Crippen LogP contribution in [0.15, 0.2) is 63.7 Å². The average Bonchev–Trinajstić information content (AvgIpc) is 3.05. The fraction of sp³-hybridized carbons (Fsp3) is 0.346. The lowest BCUT2D eigenvalue weighted by molar-refractivity contribution is -0.129. The van der Waals surface area contributed by atoms with Gasteiger partial charge in [0.2, 0.25) is 19.9 Å². The second-order valence-corrected chi connectivity index (χ2v) is 13.8. The van der Waals surface area contributed by atoms with Crippen LogP contribution in [0.5, 0.6) is 0 Å². The van der Waals surface area contributed by atoms with E-state index in [4.69, 9.17) is 0 Å². The van der Waals surface area contributed by atoms with Crippen LogP contribution >= 0.6 is 0 Å². The van der Waals surface area contributed by atoms with Crippen LogP contribution in [-0.2, 0) is 31.2 Å². The monoisotopic (exact) mass is 563 g/mol. The lowest BCUT2D eigenvalue weighted by Crippen LogP contribution is -2.44. The van der Waals surface area contributed by atoms with Crippen LogP contribution in [0.4, 0.5) is 15.8 Å². The number of sulfonamides is 1. The molecule has 0 unspecified atom stereocenters. The predicted molar refractivity (Wildman–Crippen MR) is 143 cm³/mol. The van der Waals surface area contributed by atoms with Gasteiger partial charge in [-0.15, -0.1) is 0 Å². The van der Waals surface area contributed by atoms with Crippen molar-refractivity contribution < 1.29 is 31.1 Å². The number of hydrogen-bond donors (Lipinski definition) is 3. The van der Waals surface area contributed by atoms with Crippen molar-refractivity contribution in [1.82, 2.24) is 4.90 Å². The van der Waals surface area contributed by atoms with Crippen LogP contribution in [0, 0.1) is 18.2 Å². The minimum atomic E-state index is -4.12. The van der Waals surface area contributed by atoms with Crippen LogP contribution in [0.2, 0.25) is 0 Å². The normalized spacial score (nSPS) is 19.2. The number of aryl methyl sites for hydroxylation is 1. The summed E-state index contributed by atoms with van der Waals surface area (Å²) in [5, 5.41) is 15.2. The smallest absolute Gasteiger partial charge is 0.260 e. The quantitative estimate of drug-likeness (QED) is 0.460. The number of hydrogen-bond acceptors (Lipinski definition) is 7.